The fourth-order valence-electron chi connectivity index (χ4n) is 1.61. The summed E-state index contributed by atoms with van der Waals surface area (Å²) in [6.07, 6.45) is -0.929. The number of nitriles is 1. The van der Waals surface area contributed by atoms with Crippen LogP contribution in [0.5, 0.6) is 0 Å². The number of Topliss-reactive ketones (excluding diaryl/α,β-unsaturated/α-hetero) is 1. The van der Waals surface area contributed by atoms with Crippen molar-refractivity contribution in [1.82, 2.24) is 0 Å². The molecule has 0 radical (unpaired) electrons. The van der Waals surface area contributed by atoms with E-state index in [4.69, 9.17) is 14.7 Å². The van der Waals surface area contributed by atoms with Crippen molar-refractivity contribution >= 4 is 17.4 Å². The summed E-state index contributed by atoms with van der Waals surface area (Å²) in [5.41, 5.74) is 0.479. The van der Waals surface area contributed by atoms with Gasteiger partial charge in [0.2, 0.25) is 11.7 Å². The van der Waals surface area contributed by atoms with E-state index < -0.39 is 17.9 Å². The first kappa shape index (κ1) is 13.6. The van der Waals surface area contributed by atoms with Crippen LogP contribution in [0.3, 0.4) is 0 Å². The fourth-order valence-corrected chi connectivity index (χ4v) is 1.61. The van der Waals surface area contributed by atoms with E-state index in [9.17, 15) is 9.59 Å². The molecule has 0 aliphatic carbocycles. The van der Waals surface area contributed by atoms with Crippen LogP contribution in [0.15, 0.2) is 41.8 Å². The van der Waals surface area contributed by atoms with Crippen molar-refractivity contribution in [3.63, 3.8) is 0 Å². The number of nitrogens with one attached hydrogen (secondary N) is 1. The lowest BCUT2D eigenvalue weighted by molar-refractivity contribution is -0.142. The monoisotopic (exact) mass is 272 g/mol. The molecule has 0 amide bonds. The number of nitrogens with zero attached hydrogens (tertiary/aromatic N) is 1. The molecule has 2 rings (SSSR count). The number of hydrogen-bond acceptors (Lipinski definition) is 6. The minimum absolute atomic E-state index is 0.0522. The average Bonchev–Trinajstić information content (AvgIpc) is 2.80. The normalized spacial score (nSPS) is 15.3. The van der Waals surface area contributed by atoms with Gasteiger partial charge in [0.1, 0.15) is 6.07 Å². The van der Waals surface area contributed by atoms with Crippen molar-refractivity contribution in [3.05, 3.63) is 41.8 Å². The number of rotatable bonds is 4. The summed E-state index contributed by atoms with van der Waals surface area (Å²) in [6.45, 7) is 1.20. The van der Waals surface area contributed by atoms with Gasteiger partial charge in [-0.1, -0.05) is 18.2 Å². The molecule has 0 unspecified atom stereocenters. The molecular formula is C14H12N2O4. The summed E-state index contributed by atoms with van der Waals surface area (Å²) in [5.74, 6) is -1.28. The molecule has 0 saturated carbocycles. The second-order valence-corrected chi connectivity index (χ2v) is 4.08. The average molecular weight is 272 g/mol. The molecule has 6 nitrogen and oxygen atoms in total. The summed E-state index contributed by atoms with van der Waals surface area (Å²) in [4.78, 5) is 23.5. The lowest BCUT2D eigenvalue weighted by atomic mass is 10.2. The molecule has 1 aliphatic heterocycles. The molecule has 0 saturated heterocycles. The van der Waals surface area contributed by atoms with Gasteiger partial charge in [-0.3, -0.25) is 4.79 Å². The van der Waals surface area contributed by atoms with Gasteiger partial charge in [0, 0.05) is 5.69 Å². The van der Waals surface area contributed by atoms with Crippen LogP contribution in [0.2, 0.25) is 0 Å². The molecule has 20 heavy (non-hydrogen) atoms. The maximum Gasteiger partial charge on any atom is 0.348 e. The quantitative estimate of drug-likeness (QED) is 0.657. The van der Waals surface area contributed by atoms with Crippen LogP contribution < -0.4 is 5.32 Å². The zero-order chi connectivity index (χ0) is 14.5. The van der Waals surface area contributed by atoms with Crippen LogP contribution in [0.25, 0.3) is 0 Å². The van der Waals surface area contributed by atoms with E-state index in [2.05, 4.69) is 5.32 Å². The number of anilines is 1. The molecule has 102 valence electrons. The molecule has 1 aromatic rings. The second kappa shape index (κ2) is 5.89. The number of carbonyl (C=O) groups excluding carboxylic acids is 2. The lowest BCUT2D eigenvalue weighted by Crippen LogP contribution is -2.20. The minimum Gasteiger partial charge on any atom is -0.470 e. The van der Waals surface area contributed by atoms with Gasteiger partial charge in [-0.15, -0.1) is 0 Å². The number of ketones is 1. The third-order valence-corrected chi connectivity index (χ3v) is 2.55. The minimum atomic E-state index is -0.929. The van der Waals surface area contributed by atoms with Crippen molar-refractivity contribution in [2.24, 2.45) is 0 Å². The molecule has 1 aromatic carbocycles. The SMILES string of the molecule is C[C@@H](C#N)OC(=O)C1=C(Nc2ccccc2)OCC1=O. The number of esters is 1. The largest absolute Gasteiger partial charge is 0.470 e. The van der Waals surface area contributed by atoms with E-state index in [1.807, 2.05) is 6.07 Å². The highest BCUT2D eigenvalue weighted by Crippen LogP contribution is 2.20. The van der Waals surface area contributed by atoms with E-state index in [1.165, 1.54) is 6.92 Å². The first-order chi connectivity index (χ1) is 9.61. The molecule has 6 heteroatoms. The second-order valence-electron chi connectivity index (χ2n) is 4.08. The number of benzene rings is 1. The lowest BCUT2D eigenvalue weighted by Gasteiger charge is -2.09. The Kier molecular flexibility index (Phi) is 4.01. The van der Waals surface area contributed by atoms with Crippen molar-refractivity contribution in [2.75, 3.05) is 11.9 Å². The Morgan fingerprint density at radius 2 is 2.15 bits per heavy atom. The van der Waals surface area contributed by atoms with Gasteiger partial charge in [-0.2, -0.15) is 5.26 Å². The number of para-hydroxylation sites is 1. The summed E-state index contributed by atoms with van der Waals surface area (Å²) >= 11 is 0. The van der Waals surface area contributed by atoms with Gasteiger partial charge in [0.25, 0.3) is 0 Å². The number of carbonyl (C=O) groups is 2. The highest BCUT2D eigenvalue weighted by molar-refractivity contribution is 6.19. The molecule has 1 aliphatic rings. The third-order valence-electron chi connectivity index (χ3n) is 2.55. The van der Waals surface area contributed by atoms with Crippen molar-refractivity contribution < 1.29 is 19.1 Å². The fraction of sp³-hybridized carbons (Fsp3) is 0.214. The Balaban J connectivity index is 2.21. The Morgan fingerprint density at radius 3 is 2.80 bits per heavy atom. The van der Waals surface area contributed by atoms with Crippen LogP contribution >= 0.6 is 0 Å². The summed E-state index contributed by atoms with van der Waals surface area (Å²) in [6, 6.07) is 10.7. The maximum absolute atomic E-state index is 11.9. The molecule has 0 fully saturated rings. The van der Waals surface area contributed by atoms with E-state index >= 15 is 0 Å². The topological polar surface area (TPSA) is 88.4 Å². The number of hydrogen-bond donors (Lipinski definition) is 1. The van der Waals surface area contributed by atoms with Crippen molar-refractivity contribution in [3.8, 4) is 6.07 Å². The Bertz CT molecular complexity index is 601. The van der Waals surface area contributed by atoms with Crippen LogP contribution in [0.4, 0.5) is 5.69 Å². The standard InChI is InChI=1S/C14H12N2O4/c1-9(7-15)20-14(18)12-11(17)8-19-13(12)16-10-5-3-2-4-6-10/h2-6,9,16H,8H2,1H3/t9-/m0/s1. The van der Waals surface area contributed by atoms with Crippen LogP contribution in [-0.2, 0) is 19.1 Å². The van der Waals surface area contributed by atoms with Crippen LogP contribution in [0, 0.1) is 11.3 Å². The van der Waals surface area contributed by atoms with Gasteiger partial charge in [0.05, 0.1) is 0 Å². The van der Waals surface area contributed by atoms with Gasteiger partial charge in [-0.05, 0) is 19.1 Å². The highest BCUT2D eigenvalue weighted by atomic mass is 16.5. The zero-order valence-corrected chi connectivity index (χ0v) is 10.8. The Hall–Kier alpha value is -2.81. The van der Waals surface area contributed by atoms with Gasteiger partial charge >= 0.3 is 5.97 Å². The predicted molar refractivity (Wildman–Crippen MR) is 69.2 cm³/mol. The molecule has 0 spiro atoms. The van der Waals surface area contributed by atoms with E-state index in [-0.39, 0.29) is 18.1 Å². The van der Waals surface area contributed by atoms with Crippen molar-refractivity contribution in [2.45, 2.75) is 13.0 Å². The third kappa shape index (κ3) is 2.95. The summed E-state index contributed by atoms with van der Waals surface area (Å²) in [5, 5.41) is 11.5. The molecule has 1 atom stereocenters. The van der Waals surface area contributed by atoms with E-state index in [0.717, 1.165) is 0 Å². The van der Waals surface area contributed by atoms with Gasteiger partial charge in [-0.25, -0.2) is 4.79 Å². The van der Waals surface area contributed by atoms with Crippen molar-refractivity contribution in [1.29, 1.82) is 5.26 Å². The maximum atomic E-state index is 11.9. The molecule has 1 N–H and O–H groups in total. The van der Waals surface area contributed by atoms with E-state index in [0.29, 0.717) is 5.69 Å². The molecule has 0 aromatic heterocycles. The molecule has 1 heterocycles. The first-order valence-electron chi connectivity index (χ1n) is 5.94. The Morgan fingerprint density at radius 1 is 1.45 bits per heavy atom. The van der Waals surface area contributed by atoms with Gasteiger partial charge < -0.3 is 14.8 Å². The molecular weight excluding hydrogens is 260 g/mol. The first-order valence-corrected chi connectivity index (χ1v) is 5.94. The predicted octanol–water partition coefficient (Wildman–Crippen LogP) is 1.36. The zero-order valence-electron chi connectivity index (χ0n) is 10.8. The van der Waals surface area contributed by atoms with Gasteiger partial charge in [0.15, 0.2) is 18.3 Å². The molecule has 0 bridgehead atoms. The smallest absolute Gasteiger partial charge is 0.348 e. The van der Waals surface area contributed by atoms with Crippen LogP contribution in [-0.4, -0.2) is 24.5 Å². The highest BCUT2D eigenvalue weighted by Gasteiger charge is 2.33. The number of ether oxygens (including phenoxy) is 2. The summed E-state index contributed by atoms with van der Waals surface area (Å²) < 4.78 is 9.98. The summed E-state index contributed by atoms with van der Waals surface area (Å²) in [7, 11) is 0. The van der Waals surface area contributed by atoms with Crippen LogP contribution in [0.1, 0.15) is 6.92 Å². The Labute approximate surface area is 115 Å². The van der Waals surface area contributed by atoms with E-state index in [1.54, 1.807) is 30.3 Å².